The maximum Gasteiger partial charge on any atom is 0.114 e. The molecule has 1 heterocycles. The molecule has 0 aromatic heterocycles. The number of unbranched alkanes of at least 4 members (excludes halogenated alkanes) is 6. The Morgan fingerprint density at radius 3 is 2.57 bits per heavy atom. The number of hydrogen-bond acceptors (Lipinski definition) is 5. The molecule has 0 bridgehead atoms. The minimum absolute atomic E-state index is 0.254. The fourth-order valence-corrected chi connectivity index (χ4v) is 2.77. The molecular weight excluding hydrogens is 296 g/mol. The Labute approximate surface area is 140 Å². The summed E-state index contributed by atoms with van der Waals surface area (Å²) in [5.41, 5.74) is 0. The van der Waals surface area contributed by atoms with E-state index in [0.717, 1.165) is 12.8 Å². The van der Waals surface area contributed by atoms with Crippen LogP contribution in [0.25, 0.3) is 0 Å². The first-order valence-corrected chi connectivity index (χ1v) is 9.05. The van der Waals surface area contributed by atoms with Gasteiger partial charge in [0.1, 0.15) is 24.4 Å². The number of allylic oxidation sites excluding steroid dienone is 1. The summed E-state index contributed by atoms with van der Waals surface area (Å²) >= 11 is 0. The van der Waals surface area contributed by atoms with Gasteiger partial charge in [0.15, 0.2) is 0 Å². The van der Waals surface area contributed by atoms with Gasteiger partial charge in [0.05, 0.1) is 19.8 Å². The van der Waals surface area contributed by atoms with Crippen LogP contribution in [0.1, 0.15) is 58.3 Å². The zero-order valence-electron chi connectivity index (χ0n) is 14.4. The van der Waals surface area contributed by atoms with Crippen molar-refractivity contribution in [2.75, 3.05) is 19.8 Å². The summed E-state index contributed by atoms with van der Waals surface area (Å²) in [6.07, 6.45) is 11.0. The van der Waals surface area contributed by atoms with Crippen LogP contribution in [0.15, 0.2) is 12.2 Å². The lowest BCUT2D eigenvalue weighted by atomic mass is 10.1. The zero-order valence-corrected chi connectivity index (χ0v) is 14.4. The molecule has 1 saturated heterocycles. The van der Waals surface area contributed by atoms with E-state index in [4.69, 9.17) is 14.6 Å². The SMILES string of the molecule is CCCCCCCC/C=C/CCO[C@H]1CO[C@H]([C@H](O)CO)[C@@H]1O. The Balaban J connectivity index is 1.99. The molecule has 23 heavy (non-hydrogen) atoms. The molecule has 1 fully saturated rings. The number of rotatable bonds is 13. The molecule has 1 aliphatic heterocycles. The molecule has 0 unspecified atom stereocenters. The van der Waals surface area contributed by atoms with Crippen LogP contribution in [0.5, 0.6) is 0 Å². The fourth-order valence-electron chi connectivity index (χ4n) is 2.77. The Kier molecular flexibility index (Phi) is 11.5. The van der Waals surface area contributed by atoms with Crippen LogP contribution in [-0.4, -0.2) is 59.6 Å². The third-order valence-electron chi connectivity index (χ3n) is 4.24. The first-order valence-electron chi connectivity index (χ1n) is 9.05. The number of ether oxygens (including phenoxy) is 2. The highest BCUT2D eigenvalue weighted by Crippen LogP contribution is 2.20. The van der Waals surface area contributed by atoms with Crippen molar-refractivity contribution < 1.29 is 24.8 Å². The smallest absolute Gasteiger partial charge is 0.114 e. The molecule has 5 nitrogen and oxygen atoms in total. The number of hydrogen-bond donors (Lipinski definition) is 3. The lowest BCUT2D eigenvalue weighted by Gasteiger charge is -2.20. The normalized spacial score (nSPS) is 26.2. The predicted octanol–water partition coefficient (Wildman–Crippen LogP) is 2.18. The second-order valence-electron chi connectivity index (χ2n) is 6.26. The molecule has 4 atom stereocenters. The van der Waals surface area contributed by atoms with E-state index < -0.39 is 31.0 Å². The lowest BCUT2D eigenvalue weighted by Crippen LogP contribution is -2.41. The second-order valence-corrected chi connectivity index (χ2v) is 6.26. The Morgan fingerprint density at radius 1 is 1.13 bits per heavy atom. The lowest BCUT2D eigenvalue weighted by molar-refractivity contribution is -0.0726. The summed E-state index contributed by atoms with van der Waals surface area (Å²) in [5, 5.41) is 28.4. The van der Waals surface area contributed by atoms with Crippen molar-refractivity contribution in [2.24, 2.45) is 0 Å². The summed E-state index contributed by atoms with van der Waals surface area (Å²) in [7, 11) is 0. The predicted molar refractivity (Wildman–Crippen MR) is 90.3 cm³/mol. The minimum Gasteiger partial charge on any atom is -0.394 e. The van der Waals surface area contributed by atoms with E-state index >= 15 is 0 Å². The Hall–Kier alpha value is -0.460. The van der Waals surface area contributed by atoms with Crippen LogP contribution >= 0.6 is 0 Å². The Bertz CT molecular complexity index is 308. The molecule has 3 N–H and O–H groups in total. The Morgan fingerprint density at radius 2 is 1.83 bits per heavy atom. The van der Waals surface area contributed by atoms with E-state index in [2.05, 4.69) is 19.1 Å². The molecule has 1 rings (SSSR count). The molecule has 0 aliphatic carbocycles. The average molecular weight is 330 g/mol. The van der Waals surface area contributed by atoms with E-state index in [0.29, 0.717) is 6.61 Å². The van der Waals surface area contributed by atoms with Gasteiger partial charge in [0.2, 0.25) is 0 Å². The third-order valence-corrected chi connectivity index (χ3v) is 4.24. The quantitative estimate of drug-likeness (QED) is 0.356. The summed E-state index contributed by atoms with van der Waals surface area (Å²) < 4.78 is 10.9. The van der Waals surface area contributed by atoms with Gasteiger partial charge in [0.25, 0.3) is 0 Å². The van der Waals surface area contributed by atoms with Crippen molar-refractivity contribution in [1.29, 1.82) is 0 Å². The van der Waals surface area contributed by atoms with Crippen molar-refractivity contribution in [2.45, 2.75) is 82.7 Å². The van der Waals surface area contributed by atoms with Crippen LogP contribution in [0.3, 0.4) is 0 Å². The highest BCUT2D eigenvalue weighted by Gasteiger charge is 2.40. The van der Waals surface area contributed by atoms with E-state index in [1.54, 1.807) is 0 Å². The van der Waals surface area contributed by atoms with Gasteiger partial charge in [-0.1, -0.05) is 51.2 Å². The fraction of sp³-hybridized carbons (Fsp3) is 0.889. The highest BCUT2D eigenvalue weighted by atomic mass is 16.6. The molecule has 5 heteroatoms. The van der Waals surface area contributed by atoms with Gasteiger partial charge in [-0.25, -0.2) is 0 Å². The standard InChI is InChI=1S/C18H34O5/c1-2-3-4-5-6-7-8-9-10-11-12-22-16-14-23-18(17(16)21)15(20)13-19/h9-10,15-21H,2-8,11-14H2,1H3/b10-9+/t15-,16+,17-,18-/m1/s1. The summed E-state index contributed by atoms with van der Waals surface area (Å²) in [5.74, 6) is 0. The molecular formula is C18H34O5. The molecule has 1 aliphatic rings. The molecule has 0 aromatic carbocycles. The average Bonchev–Trinajstić information content (AvgIpc) is 2.93. The van der Waals surface area contributed by atoms with Gasteiger partial charge in [-0.05, 0) is 19.3 Å². The maximum atomic E-state index is 9.97. The van der Waals surface area contributed by atoms with Crippen LogP contribution in [0, 0.1) is 0 Å². The van der Waals surface area contributed by atoms with E-state index in [-0.39, 0.29) is 6.61 Å². The van der Waals surface area contributed by atoms with Crippen molar-refractivity contribution in [3.05, 3.63) is 12.2 Å². The van der Waals surface area contributed by atoms with Crippen LogP contribution in [0.2, 0.25) is 0 Å². The molecule has 0 radical (unpaired) electrons. The van der Waals surface area contributed by atoms with Gasteiger partial charge < -0.3 is 24.8 Å². The van der Waals surface area contributed by atoms with Crippen LogP contribution in [0.4, 0.5) is 0 Å². The van der Waals surface area contributed by atoms with Crippen molar-refractivity contribution in [3.8, 4) is 0 Å². The first-order chi connectivity index (χ1) is 11.2. The van der Waals surface area contributed by atoms with Crippen LogP contribution < -0.4 is 0 Å². The summed E-state index contributed by atoms with van der Waals surface area (Å²) in [6.45, 7) is 2.59. The van der Waals surface area contributed by atoms with Gasteiger partial charge in [-0.2, -0.15) is 0 Å². The van der Waals surface area contributed by atoms with Crippen LogP contribution in [-0.2, 0) is 9.47 Å². The molecule has 0 aromatic rings. The zero-order chi connectivity index (χ0) is 16.9. The van der Waals surface area contributed by atoms with E-state index in [1.165, 1.54) is 38.5 Å². The van der Waals surface area contributed by atoms with Gasteiger partial charge in [-0.3, -0.25) is 0 Å². The molecule has 136 valence electrons. The largest absolute Gasteiger partial charge is 0.394 e. The number of aliphatic hydroxyl groups is 3. The molecule has 0 spiro atoms. The van der Waals surface area contributed by atoms with E-state index in [9.17, 15) is 10.2 Å². The maximum absolute atomic E-state index is 9.97. The molecule has 0 saturated carbocycles. The van der Waals surface area contributed by atoms with Gasteiger partial charge in [-0.15, -0.1) is 0 Å². The van der Waals surface area contributed by atoms with Gasteiger partial charge >= 0.3 is 0 Å². The second kappa shape index (κ2) is 12.9. The van der Waals surface area contributed by atoms with Crippen molar-refractivity contribution in [1.82, 2.24) is 0 Å². The third kappa shape index (κ3) is 8.27. The summed E-state index contributed by atoms with van der Waals surface area (Å²) in [4.78, 5) is 0. The highest BCUT2D eigenvalue weighted by molar-refractivity contribution is 4.89. The van der Waals surface area contributed by atoms with Gasteiger partial charge in [0, 0.05) is 0 Å². The number of aliphatic hydroxyl groups excluding tert-OH is 3. The van der Waals surface area contributed by atoms with E-state index in [1.807, 2.05) is 0 Å². The topological polar surface area (TPSA) is 79.2 Å². The first kappa shape index (κ1) is 20.6. The monoisotopic (exact) mass is 330 g/mol. The summed E-state index contributed by atoms with van der Waals surface area (Å²) in [6, 6.07) is 0. The molecule has 0 amide bonds. The minimum atomic E-state index is -1.06. The van der Waals surface area contributed by atoms with Crippen molar-refractivity contribution in [3.63, 3.8) is 0 Å². The van der Waals surface area contributed by atoms with Crippen molar-refractivity contribution >= 4 is 0 Å².